The number of benzene rings is 1. The Morgan fingerprint density at radius 3 is 2.36 bits per heavy atom. The van der Waals surface area contributed by atoms with Crippen LogP contribution in [-0.4, -0.2) is 35.7 Å². The summed E-state index contributed by atoms with van der Waals surface area (Å²) in [6.07, 6.45) is 0.501. The van der Waals surface area contributed by atoms with Gasteiger partial charge in [-0.05, 0) is 24.6 Å². The van der Waals surface area contributed by atoms with Crippen molar-refractivity contribution in [2.24, 2.45) is 5.73 Å². The highest BCUT2D eigenvalue weighted by Crippen LogP contribution is 2.20. The Labute approximate surface area is 137 Å². The number of nitrogens with one attached hydrogen (secondary N) is 1. The maximum atomic E-state index is 12.3. The maximum absolute atomic E-state index is 12.3. The number of imide groups is 1. The van der Waals surface area contributed by atoms with Crippen molar-refractivity contribution in [2.75, 3.05) is 13.1 Å². The normalized spacial score (nSPS) is 17.5. The van der Waals surface area contributed by atoms with E-state index in [1.54, 1.807) is 19.1 Å². The van der Waals surface area contributed by atoms with Crippen LogP contribution in [0.2, 0.25) is 0 Å². The smallest absolute Gasteiger partial charge is 0.244 e. The molecule has 1 atom stereocenters. The minimum absolute atomic E-state index is 0.180. The second-order valence-corrected chi connectivity index (χ2v) is 6.32. The Morgan fingerprint density at radius 1 is 1.27 bits per heavy atom. The van der Waals surface area contributed by atoms with Gasteiger partial charge >= 0.3 is 0 Å². The summed E-state index contributed by atoms with van der Waals surface area (Å²) in [5, 5.41) is 2.68. The molecule has 118 valence electrons. The molecule has 1 aromatic carbocycles. The Kier molecular flexibility index (Phi) is 4.97. The zero-order chi connectivity index (χ0) is 16.3. The molecule has 1 aliphatic heterocycles. The van der Waals surface area contributed by atoms with Gasteiger partial charge in [-0.15, -0.1) is 0 Å². The van der Waals surface area contributed by atoms with Crippen molar-refractivity contribution in [3.8, 4) is 0 Å². The van der Waals surface area contributed by atoms with E-state index < -0.39 is 5.54 Å². The van der Waals surface area contributed by atoms with Crippen LogP contribution >= 0.6 is 15.9 Å². The van der Waals surface area contributed by atoms with E-state index in [0.29, 0.717) is 5.56 Å². The molecule has 0 saturated carbocycles. The highest BCUT2D eigenvalue weighted by atomic mass is 79.9. The molecular formula is C15H18BrN3O3. The molecule has 3 N–H and O–H groups in total. The molecule has 1 aromatic rings. The lowest BCUT2D eigenvalue weighted by molar-refractivity contribution is -0.138. The summed E-state index contributed by atoms with van der Waals surface area (Å²) in [7, 11) is 0. The largest absolute Gasteiger partial charge is 0.352 e. The average Bonchev–Trinajstić information content (AvgIpc) is 2.79. The van der Waals surface area contributed by atoms with Crippen molar-refractivity contribution in [3.63, 3.8) is 0 Å². The molecule has 0 aliphatic carbocycles. The third-order valence-corrected chi connectivity index (χ3v) is 4.22. The Morgan fingerprint density at radius 2 is 1.82 bits per heavy atom. The summed E-state index contributed by atoms with van der Waals surface area (Å²) < 4.78 is 0.901. The SMILES string of the molecule is CC(N)(C(=O)NCCN1C(=O)CCC1=O)c1ccc(Br)cc1. The molecule has 0 radical (unpaired) electrons. The Hall–Kier alpha value is -1.73. The molecule has 22 heavy (non-hydrogen) atoms. The minimum Gasteiger partial charge on any atom is -0.352 e. The Bertz CT molecular complexity index is 583. The van der Waals surface area contributed by atoms with Gasteiger partial charge in [0.25, 0.3) is 0 Å². The zero-order valence-electron chi connectivity index (χ0n) is 12.3. The third kappa shape index (κ3) is 3.53. The first kappa shape index (κ1) is 16.6. The summed E-state index contributed by atoms with van der Waals surface area (Å²) in [5.74, 6) is -0.737. The summed E-state index contributed by atoms with van der Waals surface area (Å²) >= 11 is 3.33. The number of carbonyl (C=O) groups excluding carboxylic acids is 3. The number of carbonyl (C=O) groups is 3. The van der Waals surface area contributed by atoms with E-state index in [1.165, 1.54) is 4.90 Å². The molecule has 1 saturated heterocycles. The molecule has 3 amide bonds. The molecule has 2 rings (SSSR count). The van der Waals surface area contributed by atoms with E-state index in [0.717, 1.165) is 4.47 Å². The van der Waals surface area contributed by atoms with Gasteiger partial charge in [0.05, 0.1) is 0 Å². The standard InChI is InChI=1S/C15H18BrN3O3/c1-15(17,10-2-4-11(16)5-3-10)14(22)18-8-9-19-12(20)6-7-13(19)21/h2-5H,6-9,17H2,1H3,(H,18,22). The lowest BCUT2D eigenvalue weighted by Crippen LogP contribution is -2.50. The van der Waals surface area contributed by atoms with Gasteiger partial charge in [-0.1, -0.05) is 28.1 Å². The van der Waals surface area contributed by atoms with E-state index in [-0.39, 0.29) is 43.7 Å². The molecule has 1 unspecified atom stereocenters. The number of halogens is 1. The number of hydrogen-bond donors (Lipinski definition) is 2. The number of hydrogen-bond acceptors (Lipinski definition) is 4. The van der Waals surface area contributed by atoms with Crippen LogP contribution in [0, 0.1) is 0 Å². The molecule has 1 heterocycles. The van der Waals surface area contributed by atoms with Crippen molar-refractivity contribution in [1.29, 1.82) is 0 Å². The maximum Gasteiger partial charge on any atom is 0.244 e. The molecule has 7 heteroatoms. The summed E-state index contributed by atoms with van der Waals surface area (Å²) in [4.78, 5) is 36.4. The van der Waals surface area contributed by atoms with Gasteiger partial charge in [-0.3, -0.25) is 19.3 Å². The van der Waals surface area contributed by atoms with Crippen molar-refractivity contribution in [3.05, 3.63) is 34.3 Å². The van der Waals surface area contributed by atoms with E-state index in [4.69, 9.17) is 5.73 Å². The molecule has 0 spiro atoms. The van der Waals surface area contributed by atoms with Gasteiger partial charge in [0.2, 0.25) is 17.7 Å². The Balaban J connectivity index is 1.92. The molecule has 6 nitrogen and oxygen atoms in total. The highest BCUT2D eigenvalue weighted by molar-refractivity contribution is 9.10. The van der Waals surface area contributed by atoms with Crippen molar-refractivity contribution in [2.45, 2.75) is 25.3 Å². The monoisotopic (exact) mass is 367 g/mol. The fourth-order valence-corrected chi connectivity index (χ4v) is 2.53. The van der Waals surface area contributed by atoms with Gasteiger partial charge in [0.1, 0.15) is 5.54 Å². The van der Waals surface area contributed by atoms with Crippen LogP contribution in [0.4, 0.5) is 0 Å². The van der Waals surface area contributed by atoms with Crippen LogP contribution in [0.25, 0.3) is 0 Å². The van der Waals surface area contributed by atoms with Crippen LogP contribution in [0.3, 0.4) is 0 Å². The molecule has 0 bridgehead atoms. The van der Waals surface area contributed by atoms with Crippen LogP contribution in [0.1, 0.15) is 25.3 Å². The van der Waals surface area contributed by atoms with Crippen LogP contribution in [-0.2, 0) is 19.9 Å². The molecule has 1 aliphatic rings. The van der Waals surface area contributed by atoms with Crippen molar-refractivity contribution in [1.82, 2.24) is 10.2 Å². The van der Waals surface area contributed by atoms with Gasteiger partial charge in [-0.2, -0.15) is 0 Å². The molecule has 0 aromatic heterocycles. The predicted molar refractivity (Wildman–Crippen MR) is 84.6 cm³/mol. The first-order chi connectivity index (χ1) is 10.3. The lowest BCUT2D eigenvalue weighted by atomic mass is 9.92. The van der Waals surface area contributed by atoms with Crippen molar-refractivity contribution < 1.29 is 14.4 Å². The predicted octanol–water partition coefficient (Wildman–Crippen LogP) is 0.888. The average molecular weight is 368 g/mol. The second-order valence-electron chi connectivity index (χ2n) is 5.40. The third-order valence-electron chi connectivity index (χ3n) is 3.69. The number of likely N-dealkylation sites (tertiary alicyclic amines) is 1. The summed E-state index contributed by atoms with van der Waals surface area (Å²) in [6.45, 7) is 2.00. The first-order valence-electron chi connectivity index (χ1n) is 6.99. The highest BCUT2D eigenvalue weighted by Gasteiger charge is 2.32. The fourth-order valence-electron chi connectivity index (χ4n) is 2.26. The lowest BCUT2D eigenvalue weighted by Gasteiger charge is -2.25. The van der Waals surface area contributed by atoms with Gasteiger partial charge in [0.15, 0.2) is 0 Å². The van der Waals surface area contributed by atoms with E-state index >= 15 is 0 Å². The fraction of sp³-hybridized carbons (Fsp3) is 0.400. The quantitative estimate of drug-likeness (QED) is 0.755. The first-order valence-corrected chi connectivity index (χ1v) is 7.78. The van der Waals surface area contributed by atoms with E-state index in [1.807, 2.05) is 12.1 Å². The number of rotatable bonds is 5. The van der Waals surface area contributed by atoms with Crippen LogP contribution in [0.15, 0.2) is 28.7 Å². The summed E-state index contributed by atoms with van der Waals surface area (Å²) in [5.41, 5.74) is 5.61. The number of nitrogens with zero attached hydrogens (tertiary/aromatic N) is 1. The van der Waals surface area contributed by atoms with E-state index in [2.05, 4.69) is 21.2 Å². The second kappa shape index (κ2) is 6.58. The van der Waals surface area contributed by atoms with Gasteiger partial charge < -0.3 is 11.1 Å². The number of nitrogens with two attached hydrogens (primary N) is 1. The minimum atomic E-state index is -1.18. The van der Waals surface area contributed by atoms with Gasteiger partial charge in [0, 0.05) is 30.4 Å². The van der Waals surface area contributed by atoms with Crippen molar-refractivity contribution >= 4 is 33.7 Å². The van der Waals surface area contributed by atoms with Gasteiger partial charge in [-0.25, -0.2) is 0 Å². The molecular weight excluding hydrogens is 350 g/mol. The number of amides is 3. The topological polar surface area (TPSA) is 92.5 Å². The van der Waals surface area contributed by atoms with E-state index in [9.17, 15) is 14.4 Å². The van der Waals surface area contributed by atoms with Crippen LogP contribution < -0.4 is 11.1 Å². The summed E-state index contributed by atoms with van der Waals surface area (Å²) in [6, 6.07) is 7.18. The van der Waals surface area contributed by atoms with Crippen LogP contribution in [0.5, 0.6) is 0 Å². The molecule has 1 fully saturated rings. The zero-order valence-corrected chi connectivity index (χ0v) is 13.9.